The highest BCUT2D eigenvalue weighted by atomic mass is 32.1. The molecule has 24 heavy (non-hydrogen) atoms. The Kier molecular flexibility index (Phi) is 4.52. The molecule has 0 aromatic carbocycles. The first-order chi connectivity index (χ1) is 11.6. The van der Waals surface area contributed by atoms with E-state index < -0.39 is 0 Å². The summed E-state index contributed by atoms with van der Waals surface area (Å²) in [6.07, 6.45) is 3.49. The maximum Gasteiger partial charge on any atom is 0.276 e. The van der Waals surface area contributed by atoms with Gasteiger partial charge in [-0.2, -0.15) is 0 Å². The third-order valence-electron chi connectivity index (χ3n) is 3.43. The van der Waals surface area contributed by atoms with E-state index in [-0.39, 0.29) is 11.6 Å². The van der Waals surface area contributed by atoms with Crippen molar-refractivity contribution in [3.63, 3.8) is 0 Å². The van der Waals surface area contributed by atoms with Gasteiger partial charge < -0.3 is 4.74 Å². The van der Waals surface area contributed by atoms with Crippen molar-refractivity contribution in [2.75, 3.05) is 12.4 Å². The van der Waals surface area contributed by atoms with E-state index in [1.807, 2.05) is 25.3 Å². The molecule has 0 radical (unpaired) electrons. The number of pyridine rings is 2. The monoisotopic (exact) mass is 340 g/mol. The Hall–Kier alpha value is -2.80. The van der Waals surface area contributed by atoms with Crippen LogP contribution in [0.4, 0.5) is 5.13 Å². The minimum Gasteiger partial charge on any atom is -0.481 e. The summed E-state index contributed by atoms with van der Waals surface area (Å²) in [6.45, 7) is 3.86. The summed E-state index contributed by atoms with van der Waals surface area (Å²) in [5, 5.41) is 5.18. The van der Waals surface area contributed by atoms with Gasteiger partial charge in [-0.15, -0.1) is 11.3 Å². The van der Waals surface area contributed by atoms with Gasteiger partial charge in [-0.25, -0.2) is 9.97 Å². The maximum atomic E-state index is 12.5. The molecule has 7 heteroatoms. The molecule has 0 saturated carbocycles. The number of methoxy groups -OCH3 is 1. The van der Waals surface area contributed by atoms with Gasteiger partial charge in [0, 0.05) is 29.4 Å². The van der Waals surface area contributed by atoms with E-state index in [1.54, 1.807) is 24.5 Å². The highest BCUT2D eigenvalue weighted by Gasteiger charge is 2.14. The van der Waals surface area contributed by atoms with E-state index in [0.29, 0.717) is 11.0 Å². The summed E-state index contributed by atoms with van der Waals surface area (Å²) < 4.78 is 5.24. The largest absolute Gasteiger partial charge is 0.481 e. The minimum atomic E-state index is -0.328. The van der Waals surface area contributed by atoms with Crippen LogP contribution >= 0.6 is 11.3 Å². The van der Waals surface area contributed by atoms with E-state index in [1.165, 1.54) is 18.4 Å². The van der Waals surface area contributed by atoms with Crippen molar-refractivity contribution in [3.8, 4) is 17.0 Å². The average Bonchev–Trinajstić information content (AvgIpc) is 2.99. The Balaban J connectivity index is 1.97. The Labute approximate surface area is 143 Å². The first kappa shape index (κ1) is 16.1. The van der Waals surface area contributed by atoms with Crippen molar-refractivity contribution in [1.29, 1.82) is 0 Å². The lowest BCUT2D eigenvalue weighted by Gasteiger charge is -2.09. The fourth-order valence-corrected chi connectivity index (χ4v) is 2.90. The molecule has 122 valence electrons. The molecule has 3 aromatic rings. The normalized spacial score (nSPS) is 10.5. The summed E-state index contributed by atoms with van der Waals surface area (Å²) in [6, 6.07) is 5.43. The zero-order valence-corrected chi connectivity index (χ0v) is 14.3. The molecule has 3 heterocycles. The number of ether oxygens (including phenoxy) is 1. The van der Waals surface area contributed by atoms with Crippen LogP contribution in [0.2, 0.25) is 0 Å². The van der Waals surface area contributed by atoms with Gasteiger partial charge in [0.1, 0.15) is 5.69 Å². The van der Waals surface area contributed by atoms with E-state index in [0.717, 1.165) is 22.4 Å². The second-order valence-corrected chi connectivity index (χ2v) is 6.08. The van der Waals surface area contributed by atoms with Crippen molar-refractivity contribution in [1.82, 2.24) is 15.0 Å². The van der Waals surface area contributed by atoms with E-state index in [2.05, 4.69) is 20.3 Å². The van der Waals surface area contributed by atoms with Crippen LogP contribution in [0.5, 0.6) is 5.88 Å². The number of carbonyl (C=O) groups is 1. The Morgan fingerprint density at radius 3 is 2.75 bits per heavy atom. The second kappa shape index (κ2) is 6.76. The zero-order valence-electron chi connectivity index (χ0n) is 13.5. The predicted molar refractivity (Wildman–Crippen MR) is 93.6 cm³/mol. The Morgan fingerprint density at radius 1 is 1.25 bits per heavy atom. The number of amides is 1. The molecule has 0 unspecified atom stereocenters. The van der Waals surface area contributed by atoms with Crippen molar-refractivity contribution in [2.24, 2.45) is 0 Å². The molecule has 0 fully saturated rings. The number of aromatic nitrogens is 3. The molecule has 0 spiro atoms. The van der Waals surface area contributed by atoms with Crippen molar-refractivity contribution in [2.45, 2.75) is 13.8 Å². The molecule has 0 saturated heterocycles. The molecule has 0 aliphatic heterocycles. The summed E-state index contributed by atoms with van der Waals surface area (Å²) in [4.78, 5) is 25.1. The van der Waals surface area contributed by atoms with Gasteiger partial charge in [-0.1, -0.05) is 0 Å². The number of nitrogens with zero attached hydrogens (tertiary/aromatic N) is 3. The van der Waals surface area contributed by atoms with E-state index >= 15 is 0 Å². The predicted octanol–water partition coefficient (Wildman–Crippen LogP) is 3.48. The molecule has 1 amide bonds. The number of hydrogen-bond donors (Lipinski definition) is 1. The third kappa shape index (κ3) is 3.41. The van der Waals surface area contributed by atoms with E-state index in [4.69, 9.17) is 4.74 Å². The average molecular weight is 340 g/mol. The van der Waals surface area contributed by atoms with Gasteiger partial charge in [0.25, 0.3) is 5.91 Å². The van der Waals surface area contributed by atoms with E-state index in [9.17, 15) is 4.79 Å². The minimum absolute atomic E-state index is 0.264. The van der Waals surface area contributed by atoms with Gasteiger partial charge in [0.15, 0.2) is 5.13 Å². The fraction of sp³-hybridized carbons (Fsp3) is 0.176. The van der Waals surface area contributed by atoms with Crippen molar-refractivity contribution in [3.05, 3.63) is 52.9 Å². The molecular weight excluding hydrogens is 324 g/mol. The second-order valence-electron chi connectivity index (χ2n) is 5.22. The molecule has 0 aliphatic rings. The van der Waals surface area contributed by atoms with Crippen LogP contribution in [0, 0.1) is 13.8 Å². The molecular formula is C17H16N4O2S. The van der Waals surface area contributed by atoms with Crippen LogP contribution in [-0.4, -0.2) is 28.0 Å². The lowest BCUT2D eigenvalue weighted by molar-refractivity contribution is 0.102. The fourth-order valence-electron chi connectivity index (χ4n) is 2.22. The van der Waals surface area contributed by atoms with Gasteiger partial charge in [-0.05, 0) is 37.1 Å². The maximum absolute atomic E-state index is 12.5. The first-order valence-corrected chi connectivity index (χ1v) is 8.15. The van der Waals surface area contributed by atoms with Gasteiger partial charge >= 0.3 is 0 Å². The molecule has 0 atom stereocenters. The summed E-state index contributed by atoms with van der Waals surface area (Å²) >= 11 is 1.37. The van der Waals surface area contributed by atoms with Crippen LogP contribution in [0.3, 0.4) is 0 Å². The summed E-state index contributed by atoms with van der Waals surface area (Å²) in [7, 11) is 1.52. The van der Waals surface area contributed by atoms with Crippen LogP contribution in [0.15, 0.2) is 36.0 Å². The highest BCUT2D eigenvalue weighted by molar-refractivity contribution is 7.13. The quantitative estimate of drug-likeness (QED) is 0.787. The number of carbonyl (C=O) groups excluding carboxylic acids is 1. The number of nitrogens with one attached hydrogen (secondary N) is 1. The molecule has 3 aromatic heterocycles. The molecule has 1 N–H and O–H groups in total. The number of aryl methyl sites for hydroxylation is 2. The third-order valence-corrected chi connectivity index (χ3v) is 4.31. The Bertz CT molecular complexity index is 892. The summed E-state index contributed by atoms with van der Waals surface area (Å²) in [5.41, 5.74) is 3.94. The molecule has 6 nitrogen and oxygen atoms in total. The molecule has 0 bridgehead atoms. The lowest BCUT2D eigenvalue weighted by Crippen LogP contribution is -2.14. The van der Waals surface area contributed by atoms with Gasteiger partial charge in [-0.3, -0.25) is 15.1 Å². The van der Waals surface area contributed by atoms with Gasteiger partial charge in [0.05, 0.1) is 12.8 Å². The Morgan fingerprint density at radius 2 is 2.08 bits per heavy atom. The van der Waals surface area contributed by atoms with Crippen LogP contribution in [-0.2, 0) is 0 Å². The van der Waals surface area contributed by atoms with Crippen molar-refractivity contribution < 1.29 is 9.53 Å². The van der Waals surface area contributed by atoms with Gasteiger partial charge in [0.2, 0.25) is 5.88 Å². The van der Waals surface area contributed by atoms with Crippen LogP contribution in [0.25, 0.3) is 11.1 Å². The smallest absolute Gasteiger partial charge is 0.276 e. The highest BCUT2D eigenvalue weighted by Crippen LogP contribution is 2.26. The number of thiazole rings is 1. The first-order valence-electron chi connectivity index (χ1n) is 7.27. The van der Waals surface area contributed by atoms with Crippen LogP contribution < -0.4 is 10.1 Å². The standard InChI is InChI=1S/C17H16N4O2S/c1-10-4-5-18-8-13(10)12-6-14(20-15(7-12)23-3)16(22)21-17-19-11(2)9-24-17/h4-9H,1-3H3,(H,19,21,22). The molecule has 0 aliphatic carbocycles. The summed E-state index contributed by atoms with van der Waals surface area (Å²) in [5.74, 6) is 0.0438. The molecule has 3 rings (SSSR count). The topological polar surface area (TPSA) is 77.0 Å². The van der Waals surface area contributed by atoms with Crippen molar-refractivity contribution >= 4 is 22.4 Å². The SMILES string of the molecule is COc1cc(-c2cnccc2C)cc(C(=O)Nc2nc(C)cs2)n1. The number of anilines is 1. The van der Waals surface area contributed by atoms with Crippen LogP contribution in [0.1, 0.15) is 21.7 Å². The lowest BCUT2D eigenvalue weighted by atomic mass is 10.0. The zero-order chi connectivity index (χ0) is 17.1. The number of hydrogen-bond acceptors (Lipinski definition) is 6. The number of rotatable bonds is 4.